The molecular weight excluding hydrogens is 462 g/mol. The molecule has 1 N–H and O–H groups in total. The van der Waals surface area contributed by atoms with Gasteiger partial charge in [-0.25, -0.2) is 4.79 Å². The van der Waals surface area contributed by atoms with E-state index in [1.165, 1.54) is 4.90 Å². The van der Waals surface area contributed by atoms with Crippen LogP contribution in [0.3, 0.4) is 0 Å². The molecule has 0 radical (unpaired) electrons. The standard InChI is InChI=1S/C26H33N5O3S/c1-29-14-5-3-8-21(29)23(32)30-15-10-19(11-16-30)26(22-9-2-4-13-27-22)24(33)31(25(34)28-26)17-12-20-7-6-18-35-20/h2,4,6-7,9,13,18-19,21H,3,5,8,10-12,14-17H2,1H3,(H,28,34). The Hall–Kier alpha value is -2.78. The van der Waals surface area contributed by atoms with Gasteiger partial charge in [0.2, 0.25) is 5.91 Å². The number of nitrogens with one attached hydrogen (secondary N) is 1. The fraction of sp³-hybridized carbons (Fsp3) is 0.538. The molecule has 2 atom stereocenters. The third-order valence-electron chi connectivity index (χ3n) is 7.84. The molecule has 3 saturated heterocycles. The molecule has 3 aliphatic heterocycles. The van der Waals surface area contributed by atoms with Gasteiger partial charge in [-0.05, 0) is 69.3 Å². The van der Waals surface area contributed by atoms with Gasteiger partial charge in [0.25, 0.3) is 5.91 Å². The van der Waals surface area contributed by atoms with Crippen LogP contribution in [0.1, 0.15) is 42.7 Å². The van der Waals surface area contributed by atoms with E-state index in [1.807, 2.05) is 47.7 Å². The zero-order valence-corrected chi connectivity index (χ0v) is 21.0. The number of pyridine rings is 1. The fourth-order valence-electron chi connectivity index (χ4n) is 5.86. The first-order valence-corrected chi connectivity index (χ1v) is 13.5. The summed E-state index contributed by atoms with van der Waals surface area (Å²) >= 11 is 1.62. The van der Waals surface area contributed by atoms with E-state index in [1.54, 1.807) is 17.5 Å². The molecule has 35 heavy (non-hydrogen) atoms. The highest BCUT2D eigenvalue weighted by molar-refractivity contribution is 7.09. The minimum Gasteiger partial charge on any atom is -0.341 e. The Morgan fingerprint density at radius 1 is 1.11 bits per heavy atom. The van der Waals surface area contributed by atoms with Crippen LogP contribution in [-0.4, -0.2) is 76.8 Å². The second-order valence-corrected chi connectivity index (χ2v) is 10.9. The van der Waals surface area contributed by atoms with Gasteiger partial charge in [-0.2, -0.15) is 0 Å². The number of amides is 4. The molecule has 3 fully saturated rings. The van der Waals surface area contributed by atoms with Crippen LogP contribution in [0.15, 0.2) is 41.9 Å². The molecule has 3 aliphatic rings. The molecule has 0 spiro atoms. The third kappa shape index (κ3) is 4.47. The summed E-state index contributed by atoms with van der Waals surface area (Å²) in [6.45, 7) is 2.46. The van der Waals surface area contributed by atoms with Gasteiger partial charge >= 0.3 is 6.03 Å². The number of carbonyl (C=O) groups is 3. The van der Waals surface area contributed by atoms with Crippen LogP contribution in [0, 0.1) is 5.92 Å². The Labute approximate surface area is 210 Å². The number of rotatable bonds is 6. The lowest BCUT2D eigenvalue weighted by Crippen LogP contribution is -2.56. The number of urea groups is 1. The van der Waals surface area contributed by atoms with E-state index in [0.717, 1.165) is 30.7 Å². The van der Waals surface area contributed by atoms with Gasteiger partial charge in [0.1, 0.15) is 0 Å². The highest BCUT2D eigenvalue weighted by atomic mass is 32.1. The van der Waals surface area contributed by atoms with Crippen LogP contribution in [-0.2, 0) is 21.5 Å². The highest BCUT2D eigenvalue weighted by Gasteiger charge is 2.58. The van der Waals surface area contributed by atoms with Gasteiger partial charge in [-0.15, -0.1) is 11.3 Å². The van der Waals surface area contributed by atoms with Gasteiger partial charge in [-0.1, -0.05) is 18.6 Å². The molecule has 0 aliphatic carbocycles. The molecule has 5 rings (SSSR count). The molecule has 0 aromatic carbocycles. The number of thiophene rings is 1. The molecule has 186 valence electrons. The summed E-state index contributed by atoms with van der Waals surface area (Å²) in [5, 5.41) is 5.06. The number of hydrogen-bond acceptors (Lipinski definition) is 6. The summed E-state index contributed by atoms with van der Waals surface area (Å²) in [5.41, 5.74) is -0.612. The van der Waals surface area contributed by atoms with E-state index in [0.29, 0.717) is 44.6 Å². The largest absolute Gasteiger partial charge is 0.341 e. The Morgan fingerprint density at radius 3 is 2.63 bits per heavy atom. The van der Waals surface area contributed by atoms with Crippen molar-refractivity contribution in [2.45, 2.75) is 50.1 Å². The maximum Gasteiger partial charge on any atom is 0.325 e. The molecule has 2 unspecified atom stereocenters. The quantitative estimate of drug-likeness (QED) is 0.623. The number of nitrogens with zero attached hydrogens (tertiary/aromatic N) is 4. The summed E-state index contributed by atoms with van der Waals surface area (Å²) in [5.74, 6) is -0.167. The first kappa shape index (κ1) is 23.9. The van der Waals surface area contributed by atoms with E-state index in [-0.39, 0.29) is 29.8 Å². The third-order valence-corrected chi connectivity index (χ3v) is 8.77. The Balaban J connectivity index is 1.34. The maximum absolute atomic E-state index is 13.9. The summed E-state index contributed by atoms with van der Waals surface area (Å²) < 4.78 is 0. The number of carbonyl (C=O) groups excluding carboxylic acids is 3. The number of aromatic nitrogens is 1. The molecule has 0 bridgehead atoms. The van der Waals surface area contributed by atoms with Crippen LogP contribution >= 0.6 is 11.3 Å². The van der Waals surface area contributed by atoms with E-state index < -0.39 is 5.54 Å². The Kier molecular flexibility index (Phi) is 6.88. The minimum absolute atomic E-state index is 0.0504. The fourth-order valence-corrected chi connectivity index (χ4v) is 6.56. The average Bonchev–Trinajstić information content (AvgIpc) is 3.50. The lowest BCUT2D eigenvalue weighted by atomic mass is 9.75. The molecule has 2 aromatic heterocycles. The summed E-state index contributed by atoms with van der Waals surface area (Å²) in [6.07, 6.45) is 6.72. The molecule has 2 aromatic rings. The summed E-state index contributed by atoms with van der Waals surface area (Å²) in [6, 6.07) is 9.08. The maximum atomic E-state index is 13.9. The lowest BCUT2D eigenvalue weighted by Gasteiger charge is -2.42. The van der Waals surface area contributed by atoms with Crippen molar-refractivity contribution in [1.29, 1.82) is 0 Å². The highest BCUT2D eigenvalue weighted by Crippen LogP contribution is 2.41. The second kappa shape index (κ2) is 10.1. The topological polar surface area (TPSA) is 85.8 Å². The van der Waals surface area contributed by atoms with Crippen molar-refractivity contribution in [3.8, 4) is 0 Å². The van der Waals surface area contributed by atoms with Crippen LogP contribution in [0.5, 0.6) is 0 Å². The smallest absolute Gasteiger partial charge is 0.325 e. The molecule has 5 heterocycles. The van der Waals surface area contributed by atoms with Crippen molar-refractivity contribution in [2.75, 3.05) is 33.2 Å². The summed E-state index contributed by atoms with van der Waals surface area (Å²) in [7, 11) is 2.03. The zero-order chi connectivity index (χ0) is 24.4. The summed E-state index contributed by atoms with van der Waals surface area (Å²) in [4.78, 5) is 51.4. The van der Waals surface area contributed by atoms with Crippen LogP contribution < -0.4 is 5.32 Å². The second-order valence-electron chi connectivity index (χ2n) is 9.83. The van der Waals surface area contributed by atoms with Crippen LogP contribution in [0.4, 0.5) is 4.79 Å². The number of likely N-dealkylation sites (tertiary alicyclic amines) is 2. The van der Waals surface area contributed by atoms with E-state index in [2.05, 4.69) is 15.2 Å². The minimum atomic E-state index is -1.19. The molecule has 9 heteroatoms. The SMILES string of the molecule is CN1CCCCC1C(=O)N1CCC(C2(c3ccccn3)NC(=O)N(CCc3cccs3)C2=O)CC1. The van der Waals surface area contributed by atoms with Crippen LogP contribution in [0.25, 0.3) is 0 Å². The van der Waals surface area contributed by atoms with Crippen molar-refractivity contribution < 1.29 is 14.4 Å². The predicted molar refractivity (Wildman–Crippen MR) is 134 cm³/mol. The van der Waals surface area contributed by atoms with Gasteiger partial charge in [0.05, 0.1) is 11.7 Å². The lowest BCUT2D eigenvalue weighted by molar-refractivity contribution is -0.140. The van der Waals surface area contributed by atoms with Crippen molar-refractivity contribution in [3.63, 3.8) is 0 Å². The van der Waals surface area contributed by atoms with Gasteiger partial charge < -0.3 is 10.2 Å². The number of piperidine rings is 2. The van der Waals surface area contributed by atoms with Gasteiger partial charge in [-0.3, -0.25) is 24.4 Å². The van der Waals surface area contributed by atoms with Crippen molar-refractivity contribution >= 4 is 29.2 Å². The number of imide groups is 1. The predicted octanol–water partition coefficient (Wildman–Crippen LogP) is 2.86. The molecule has 0 saturated carbocycles. The van der Waals surface area contributed by atoms with Crippen molar-refractivity contribution in [2.24, 2.45) is 5.92 Å². The molecule has 4 amide bonds. The van der Waals surface area contributed by atoms with E-state index in [9.17, 15) is 14.4 Å². The van der Waals surface area contributed by atoms with Crippen LogP contribution in [0.2, 0.25) is 0 Å². The molecular formula is C26H33N5O3S. The average molecular weight is 496 g/mol. The number of likely N-dealkylation sites (N-methyl/N-ethyl adjacent to an activating group) is 1. The molecule has 8 nitrogen and oxygen atoms in total. The van der Waals surface area contributed by atoms with Gasteiger partial charge in [0.15, 0.2) is 5.54 Å². The zero-order valence-electron chi connectivity index (χ0n) is 20.2. The first-order valence-electron chi connectivity index (χ1n) is 12.6. The number of hydrogen-bond donors (Lipinski definition) is 1. The van der Waals surface area contributed by atoms with E-state index in [4.69, 9.17) is 0 Å². The normalized spacial score (nSPS) is 26.3. The van der Waals surface area contributed by atoms with Gasteiger partial charge in [0, 0.05) is 36.6 Å². The van der Waals surface area contributed by atoms with Crippen molar-refractivity contribution in [1.82, 2.24) is 25.0 Å². The first-order chi connectivity index (χ1) is 17.0. The Bertz CT molecular complexity index is 1050. The Morgan fingerprint density at radius 2 is 1.94 bits per heavy atom. The van der Waals surface area contributed by atoms with Crippen molar-refractivity contribution in [3.05, 3.63) is 52.5 Å². The monoisotopic (exact) mass is 495 g/mol. The van der Waals surface area contributed by atoms with E-state index >= 15 is 0 Å².